The summed E-state index contributed by atoms with van der Waals surface area (Å²) in [5.74, 6) is 0. The van der Waals surface area contributed by atoms with Crippen LogP contribution in [-0.2, 0) is 19.3 Å². The minimum absolute atomic E-state index is 1.05. The molecule has 0 fully saturated rings. The number of nitrogens with one attached hydrogen (secondary N) is 1. The predicted octanol–water partition coefficient (Wildman–Crippen LogP) is 7.99. The fourth-order valence-corrected chi connectivity index (χ4v) is 5.52. The van der Waals surface area contributed by atoms with Crippen LogP contribution >= 0.6 is 0 Å². The number of aryl methyl sites for hydroxylation is 2. The Morgan fingerprint density at radius 2 is 1.67 bits per heavy atom. The molecule has 0 saturated carbocycles. The minimum Gasteiger partial charge on any atom is -0.365 e. The zero-order valence-electron chi connectivity index (χ0n) is 20.9. The molecule has 2 aliphatic heterocycles. The number of aromatic nitrogens is 1. The molecule has 2 heteroatoms. The highest BCUT2D eigenvalue weighted by molar-refractivity contribution is 5.79. The van der Waals surface area contributed by atoms with Crippen molar-refractivity contribution >= 4 is 18.2 Å². The van der Waals surface area contributed by atoms with Gasteiger partial charge in [0.05, 0.1) is 0 Å². The van der Waals surface area contributed by atoms with Crippen LogP contribution in [0.25, 0.3) is 29.4 Å². The minimum atomic E-state index is 1.05. The van der Waals surface area contributed by atoms with E-state index in [4.69, 9.17) is 0 Å². The Morgan fingerprint density at radius 3 is 2.53 bits per heavy atom. The van der Waals surface area contributed by atoms with E-state index in [9.17, 15) is 0 Å². The summed E-state index contributed by atoms with van der Waals surface area (Å²) in [6.45, 7) is 2.02. The molecule has 0 spiro atoms. The van der Waals surface area contributed by atoms with Gasteiger partial charge in [-0.05, 0) is 114 Å². The average Bonchev–Trinajstić information content (AvgIpc) is 3.31. The molecular weight excluding hydrogens is 436 g/mol. The molecule has 3 aromatic rings. The largest absolute Gasteiger partial charge is 0.365 e. The molecule has 0 unspecified atom stereocenters. The molecular formula is C34H32N2. The summed E-state index contributed by atoms with van der Waals surface area (Å²) in [6.07, 6.45) is 26.4. The van der Waals surface area contributed by atoms with Gasteiger partial charge in [-0.25, -0.2) is 0 Å². The second kappa shape index (κ2) is 9.99. The Hall–Kier alpha value is -3.91. The predicted molar refractivity (Wildman–Crippen MR) is 152 cm³/mol. The lowest BCUT2D eigenvalue weighted by Crippen LogP contribution is -2.10. The highest BCUT2D eigenvalue weighted by Crippen LogP contribution is 2.38. The number of pyridine rings is 1. The van der Waals surface area contributed by atoms with E-state index < -0.39 is 0 Å². The summed E-state index contributed by atoms with van der Waals surface area (Å²) in [6, 6.07) is 15.7. The number of allylic oxidation sites excluding steroid dienone is 6. The van der Waals surface area contributed by atoms with E-state index in [2.05, 4.69) is 95.3 Å². The summed E-state index contributed by atoms with van der Waals surface area (Å²) < 4.78 is 0. The van der Waals surface area contributed by atoms with Crippen molar-refractivity contribution in [1.29, 1.82) is 0 Å². The van der Waals surface area contributed by atoms with E-state index in [0.717, 1.165) is 24.1 Å². The molecule has 1 aromatic heterocycles. The topological polar surface area (TPSA) is 24.9 Å². The Bertz CT molecular complexity index is 1450. The third kappa shape index (κ3) is 4.77. The smallest absolute Gasteiger partial charge is 0.0373 e. The number of benzene rings is 2. The second-order valence-electron chi connectivity index (χ2n) is 9.99. The highest BCUT2D eigenvalue weighted by Gasteiger charge is 2.21. The molecule has 36 heavy (non-hydrogen) atoms. The first-order valence-corrected chi connectivity index (χ1v) is 13.1. The lowest BCUT2D eigenvalue weighted by Gasteiger charge is -2.25. The van der Waals surface area contributed by atoms with Crippen LogP contribution in [0.2, 0.25) is 0 Å². The molecule has 2 bridgehead atoms. The zero-order chi connectivity index (χ0) is 24.3. The molecule has 0 atom stereocenters. The summed E-state index contributed by atoms with van der Waals surface area (Å²) >= 11 is 0. The fourth-order valence-electron chi connectivity index (χ4n) is 5.52. The van der Waals surface area contributed by atoms with Crippen LogP contribution in [-0.4, -0.2) is 4.98 Å². The molecule has 3 aliphatic carbocycles. The summed E-state index contributed by atoms with van der Waals surface area (Å²) in [5.41, 5.74) is 15.2. The van der Waals surface area contributed by atoms with Gasteiger partial charge in [0.1, 0.15) is 0 Å². The van der Waals surface area contributed by atoms with E-state index in [1.165, 1.54) is 64.8 Å². The van der Waals surface area contributed by atoms with Gasteiger partial charge in [-0.1, -0.05) is 66.8 Å². The molecule has 178 valence electrons. The van der Waals surface area contributed by atoms with Crippen molar-refractivity contribution in [2.75, 3.05) is 0 Å². The molecule has 0 radical (unpaired) electrons. The van der Waals surface area contributed by atoms with Gasteiger partial charge in [0, 0.05) is 23.8 Å². The normalized spacial score (nSPS) is 16.6. The quantitative estimate of drug-likeness (QED) is 0.412. The number of hydrogen-bond donors (Lipinski definition) is 1. The lowest BCUT2D eigenvalue weighted by atomic mass is 9.79. The van der Waals surface area contributed by atoms with Gasteiger partial charge in [0.2, 0.25) is 0 Å². The number of fused-ring (bicyclic) bond motifs is 8. The van der Waals surface area contributed by atoms with Crippen molar-refractivity contribution in [3.8, 4) is 11.1 Å². The van der Waals surface area contributed by atoms with E-state index in [1.54, 1.807) is 11.1 Å². The molecule has 8 rings (SSSR count). The highest BCUT2D eigenvalue weighted by atomic mass is 14.9. The summed E-state index contributed by atoms with van der Waals surface area (Å²) in [7, 11) is 0. The standard InChI is InChI=1S/C26H23N.C8H9N/c1-18-6-7-20(17-27-18)9-8-19-10-13-24-22(16-19)12-15-25-23-5-3-2-4-21(23)11-14-26(24)25;1-3-8-4-2-7(1)5-6-9-8/h2,4,6-11,13-14,16-17H,3,5,12,15H2,1H3;1,3,5-6,9H,2,4H2/b9-8+;. The fraction of sp³-hybridized carbons (Fsp3) is 0.206. The van der Waals surface area contributed by atoms with Crippen LogP contribution in [0.5, 0.6) is 0 Å². The van der Waals surface area contributed by atoms with Crippen LogP contribution in [0, 0.1) is 6.92 Å². The van der Waals surface area contributed by atoms with Crippen LogP contribution in [0.1, 0.15) is 58.3 Å². The Balaban J connectivity index is 0.000000223. The maximum Gasteiger partial charge on any atom is 0.0373 e. The van der Waals surface area contributed by atoms with Crippen molar-refractivity contribution in [2.45, 2.75) is 45.4 Å². The van der Waals surface area contributed by atoms with Crippen molar-refractivity contribution in [2.24, 2.45) is 0 Å². The first-order valence-electron chi connectivity index (χ1n) is 13.1. The van der Waals surface area contributed by atoms with Crippen LogP contribution in [0.15, 0.2) is 90.4 Å². The van der Waals surface area contributed by atoms with E-state index in [-0.39, 0.29) is 0 Å². The van der Waals surface area contributed by atoms with Gasteiger partial charge in [-0.15, -0.1) is 0 Å². The van der Waals surface area contributed by atoms with Gasteiger partial charge in [0.15, 0.2) is 0 Å². The Morgan fingerprint density at radius 1 is 0.778 bits per heavy atom. The van der Waals surface area contributed by atoms with Crippen molar-refractivity contribution < 1.29 is 0 Å². The van der Waals surface area contributed by atoms with Gasteiger partial charge >= 0.3 is 0 Å². The van der Waals surface area contributed by atoms with Crippen LogP contribution in [0.3, 0.4) is 0 Å². The zero-order valence-corrected chi connectivity index (χ0v) is 20.9. The first kappa shape index (κ1) is 22.5. The van der Waals surface area contributed by atoms with Gasteiger partial charge in [-0.2, -0.15) is 0 Å². The summed E-state index contributed by atoms with van der Waals surface area (Å²) in [4.78, 5) is 4.37. The SMILES string of the molecule is C1=CC2=CC=C(CC2)N1.Cc1ccc(/C=C/c2ccc3c(c2)CCc2c-3ccc3c2CCC=C3)cn1. The molecule has 0 amide bonds. The van der Waals surface area contributed by atoms with Crippen molar-refractivity contribution in [1.82, 2.24) is 10.3 Å². The first-order chi connectivity index (χ1) is 17.7. The molecule has 2 aromatic carbocycles. The lowest BCUT2D eigenvalue weighted by molar-refractivity contribution is 0.874. The monoisotopic (exact) mass is 468 g/mol. The number of rotatable bonds is 2. The Kier molecular flexibility index (Phi) is 6.26. The van der Waals surface area contributed by atoms with E-state index in [1.807, 2.05) is 19.3 Å². The third-order valence-electron chi connectivity index (χ3n) is 7.54. The van der Waals surface area contributed by atoms with Crippen molar-refractivity contribution in [3.63, 3.8) is 0 Å². The molecule has 5 aliphatic rings. The second-order valence-corrected chi connectivity index (χ2v) is 9.99. The number of hydrogen-bond acceptors (Lipinski definition) is 2. The third-order valence-corrected chi connectivity index (χ3v) is 7.54. The molecule has 2 nitrogen and oxygen atoms in total. The van der Waals surface area contributed by atoms with Crippen molar-refractivity contribution in [3.05, 3.63) is 130 Å². The molecule has 0 saturated heterocycles. The van der Waals surface area contributed by atoms with E-state index in [0.29, 0.717) is 0 Å². The average molecular weight is 469 g/mol. The van der Waals surface area contributed by atoms with Gasteiger partial charge in [0.25, 0.3) is 0 Å². The van der Waals surface area contributed by atoms with Gasteiger partial charge < -0.3 is 5.32 Å². The Labute approximate surface area is 214 Å². The summed E-state index contributed by atoms with van der Waals surface area (Å²) in [5, 5.41) is 3.20. The van der Waals surface area contributed by atoms with E-state index >= 15 is 0 Å². The molecule has 3 heterocycles. The van der Waals surface area contributed by atoms with Crippen LogP contribution in [0.4, 0.5) is 0 Å². The number of nitrogens with zero attached hydrogens (tertiary/aromatic N) is 1. The molecule has 1 N–H and O–H groups in total. The maximum atomic E-state index is 4.37. The maximum absolute atomic E-state index is 4.37. The van der Waals surface area contributed by atoms with Gasteiger partial charge in [-0.3, -0.25) is 4.98 Å². The van der Waals surface area contributed by atoms with Crippen LogP contribution < -0.4 is 5.32 Å².